The fourth-order valence-corrected chi connectivity index (χ4v) is 2.68. The van der Waals surface area contributed by atoms with Crippen LogP contribution < -0.4 is 5.73 Å². The van der Waals surface area contributed by atoms with Crippen molar-refractivity contribution in [3.05, 3.63) is 48.2 Å². The van der Waals surface area contributed by atoms with Crippen LogP contribution in [0.25, 0.3) is 32.4 Å². The molecule has 3 aromatic carbocycles. The molecule has 0 saturated heterocycles. The Hall–Kier alpha value is -2.75. The van der Waals surface area contributed by atoms with Crippen LogP contribution in [0.5, 0.6) is 0 Å². The van der Waals surface area contributed by atoms with Crippen molar-refractivity contribution >= 4 is 38.4 Å². The van der Waals surface area contributed by atoms with Gasteiger partial charge in [-0.05, 0) is 22.2 Å². The van der Waals surface area contributed by atoms with E-state index in [9.17, 15) is 4.79 Å². The van der Waals surface area contributed by atoms with Crippen molar-refractivity contribution in [2.75, 3.05) is 0 Å². The van der Waals surface area contributed by atoms with Gasteiger partial charge in [0.2, 0.25) is 0 Å². The van der Waals surface area contributed by atoms with Crippen LogP contribution in [0.15, 0.2) is 42.5 Å². The Morgan fingerprint density at radius 2 is 1.63 bits per heavy atom. The average Bonchev–Trinajstić information content (AvgIpc) is 2.44. The minimum absolute atomic E-state index is 0.228. The zero-order valence-electron chi connectivity index (χ0n) is 9.92. The summed E-state index contributed by atoms with van der Waals surface area (Å²) in [7, 11) is 0. The summed E-state index contributed by atoms with van der Waals surface area (Å²) in [4.78, 5) is 11.5. The van der Waals surface area contributed by atoms with E-state index in [0.29, 0.717) is 0 Å². The third-order valence-corrected chi connectivity index (χ3v) is 3.50. The van der Waals surface area contributed by atoms with Crippen LogP contribution in [0.1, 0.15) is 10.5 Å². The van der Waals surface area contributed by atoms with Gasteiger partial charge < -0.3 is 5.73 Å². The highest BCUT2D eigenvalue weighted by molar-refractivity contribution is 6.24. The minimum Gasteiger partial charge on any atom is -0.364 e. The van der Waals surface area contributed by atoms with Gasteiger partial charge in [0.05, 0.1) is 5.52 Å². The van der Waals surface area contributed by atoms with Crippen molar-refractivity contribution in [1.29, 1.82) is 0 Å². The number of rotatable bonds is 1. The first-order chi connectivity index (χ1) is 9.25. The Balaban J connectivity index is 2.38. The maximum Gasteiger partial charge on any atom is 0.269 e. The van der Waals surface area contributed by atoms with Gasteiger partial charge in [-0.2, -0.15) is 0 Å². The standard InChI is InChI=1S/C15H9N3O/c16-15(19)14-10-6-4-8-2-1-3-9-5-7-11(17-18-14)13(10)12(8)9/h1-7H,(H2,16,19). The lowest BCUT2D eigenvalue weighted by molar-refractivity contribution is 0.0996. The molecule has 4 aromatic rings. The fourth-order valence-electron chi connectivity index (χ4n) is 2.68. The van der Waals surface area contributed by atoms with Gasteiger partial charge in [-0.15, -0.1) is 10.2 Å². The molecule has 0 aliphatic heterocycles. The Morgan fingerprint density at radius 3 is 2.37 bits per heavy atom. The Morgan fingerprint density at radius 1 is 0.895 bits per heavy atom. The highest BCUT2D eigenvalue weighted by atomic mass is 16.1. The van der Waals surface area contributed by atoms with Crippen LogP contribution >= 0.6 is 0 Å². The van der Waals surface area contributed by atoms with Gasteiger partial charge in [0.15, 0.2) is 5.69 Å². The van der Waals surface area contributed by atoms with Crippen LogP contribution in [-0.4, -0.2) is 16.1 Å². The van der Waals surface area contributed by atoms with E-state index in [2.05, 4.69) is 10.2 Å². The second-order valence-electron chi connectivity index (χ2n) is 4.56. The Kier molecular flexibility index (Phi) is 1.82. The lowest BCUT2D eigenvalue weighted by Crippen LogP contribution is -2.14. The average molecular weight is 247 g/mol. The largest absolute Gasteiger partial charge is 0.364 e. The van der Waals surface area contributed by atoms with Gasteiger partial charge in [0, 0.05) is 10.8 Å². The molecule has 0 atom stereocenters. The van der Waals surface area contributed by atoms with Crippen LogP contribution in [-0.2, 0) is 0 Å². The second kappa shape index (κ2) is 3.38. The number of amides is 1. The fraction of sp³-hybridized carbons (Fsp3) is 0. The minimum atomic E-state index is -0.551. The van der Waals surface area contributed by atoms with Crippen molar-refractivity contribution in [3.8, 4) is 0 Å². The van der Waals surface area contributed by atoms with Crippen LogP contribution in [0.2, 0.25) is 0 Å². The molecular weight excluding hydrogens is 238 g/mol. The predicted octanol–water partition coefficient (Wildman–Crippen LogP) is 2.47. The summed E-state index contributed by atoms with van der Waals surface area (Å²) >= 11 is 0. The molecule has 0 fully saturated rings. The molecule has 1 amide bonds. The third kappa shape index (κ3) is 1.25. The van der Waals surface area contributed by atoms with Gasteiger partial charge >= 0.3 is 0 Å². The van der Waals surface area contributed by atoms with E-state index in [1.165, 1.54) is 0 Å². The molecule has 0 bridgehead atoms. The molecule has 19 heavy (non-hydrogen) atoms. The predicted molar refractivity (Wildman–Crippen MR) is 74.3 cm³/mol. The molecule has 1 aromatic heterocycles. The summed E-state index contributed by atoms with van der Waals surface area (Å²) in [6.07, 6.45) is 0. The molecule has 4 heteroatoms. The highest BCUT2D eigenvalue weighted by Crippen LogP contribution is 2.33. The first kappa shape index (κ1) is 10.2. The number of aromatic nitrogens is 2. The number of nitrogens with two attached hydrogens (primary N) is 1. The third-order valence-electron chi connectivity index (χ3n) is 3.50. The molecule has 0 aliphatic rings. The van der Waals surface area contributed by atoms with E-state index in [1.54, 1.807) is 0 Å². The smallest absolute Gasteiger partial charge is 0.269 e. The van der Waals surface area contributed by atoms with Crippen LogP contribution in [0, 0.1) is 0 Å². The Bertz CT molecular complexity index is 930. The highest BCUT2D eigenvalue weighted by Gasteiger charge is 2.15. The molecule has 1 heterocycles. The van der Waals surface area contributed by atoms with E-state index in [4.69, 9.17) is 5.73 Å². The quantitative estimate of drug-likeness (QED) is 0.525. The monoisotopic (exact) mass is 247 g/mol. The number of hydrogen-bond donors (Lipinski definition) is 1. The van der Waals surface area contributed by atoms with Gasteiger partial charge in [-0.3, -0.25) is 4.79 Å². The van der Waals surface area contributed by atoms with Crippen molar-refractivity contribution in [2.24, 2.45) is 5.73 Å². The van der Waals surface area contributed by atoms with E-state index in [1.807, 2.05) is 42.5 Å². The van der Waals surface area contributed by atoms with Crippen molar-refractivity contribution < 1.29 is 4.79 Å². The molecule has 0 unspecified atom stereocenters. The van der Waals surface area contributed by atoms with E-state index < -0.39 is 5.91 Å². The topological polar surface area (TPSA) is 68.9 Å². The maximum atomic E-state index is 11.5. The summed E-state index contributed by atoms with van der Waals surface area (Å²) in [5.41, 5.74) is 6.38. The summed E-state index contributed by atoms with van der Waals surface area (Å²) < 4.78 is 0. The lowest BCUT2D eigenvalue weighted by Gasteiger charge is -2.10. The normalized spacial score (nSPS) is 11.6. The Labute approximate surface area is 108 Å². The van der Waals surface area contributed by atoms with Crippen LogP contribution in [0.4, 0.5) is 0 Å². The van der Waals surface area contributed by atoms with Crippen molar-refractivity contribution in [2.45, 2.75) is 0 Å². The summed E-state index contributed by atoms with van der Waals surface area (Å²) in [6.45, 7) is 0. The van der Waals surface area contributed by atoms with Gasteiger partial charge in [0.1, 0.15) is 0 Å². The first-order valence-electron chi connectivity index (χ1n) is 5.96. The van der Waals surface area contributed by atoms with E-state index in [-0.39, 0.29) is 5.69 Å². The van der Waals surface area contributed by atoms with Crippen molar-refractivity contribution in [3.63, 3.8) is 0 Å². The molecule has 4 rings (SSSR count). The zero-order valence-corrected chi connectivity index (χ0v) is 9.92. The maximum absolute atomic E-state index is 11.5. The molecule has 2 N–H and O–H groups in total. The molecule has 0 radical (unpaired) electrons. The number of benzene rings is 3. The molecule has 0 spiro atoms. The molecule has 0 aliphatic carbocycles. The van der Waals surface area contributed by atoms with Gasteiger partial charge in [0.25, 0.3) is 5.91 Å². The summed E-state index contributed by atoms with van der Waals surface area (Å²) in [5.74, 6) is -0.551. The number of carbonyl (C=O) groups excluding carboxylic acids is 1. The molecular formula is C15H9N3O. The van der Waals surface area contributed by atoms with Gasteiger partial charge in [-0.1, -0.05) is 36.4 Å². The van der Waals surface area contributed by atoms with E-state index in [0.717, 1.165) is 32.4 Å². The molecule has 4 nitrogen and oxygen atoms in total. The number of carbonyl (C=O) groups is 1. The molecule has 90 valence electrons. The second-order valence-corrected chi connectivity index (χ2v) is 4.56. The van der Waals surface area contributed by atoms with Crippen LogP contribution in [0.3, 0.4) is 0 Å². The summed E-state index contributed by atoms with van der Waals surface area (Å²) in [5, 5.41) is 13.1. The van der Waals surface area contributed by atoms with Crippen molar-refractivity contribution in [1.82, 2.24) is 10.2 Å². The lowest BCUT2D eigenvalue weighted by atomic mass is 9.96. The molecule has 0 saturated carbocycles. The summed E-state index contributed by atoms with van der Waals surface area (Å²) in [6, 6.07) is 13.9. The van der Waals surface area contributed by atoms with E-state index >= 15 is 0 Å². The number of hydrogen-bond acceptors (Lipinski definition) is 3. The first-order valence-corrected chi connectivity index (χ1v) is 5.96. The van der Waals surface area contributed by atoms with Gasteiger partial charge in [-0.25, -0.2) is 0 Å². The number of primary amides is 1. The zero-order chi connectivity index (χ0) is 13.0. The SMILES string of the molecule is NC(=O)c1nnc2ccc3cccc4ccc1c2c34. The number of nitrogens with zero attached hydrogens (tertiary/aromatic N) is 2.